The third-order valence-electron chi connectivity index (χ3n) is 3.20. The van der Waals surface area contributed by atoms with Crippen molar-refractivity contribution in [1.29, 1.82) is 0 Å². The van der Waals surface area contributed by atoms with E-state index < -0.39 is 0 Å². The highest BCUT2D eigenvalue weighted by Gasteiger charge is 2.18. The van der Waals surface area contributed by atoms with Crippen molar-refractivity contribution < 1.29 is 4.79 Å². The number of unbranched alkanes of at least 4 members (excludes halogenated alkanes) is 1. The highest BCUT2D eigenvalue weighted by Crippen LogP contribution is 2.17. The van der Waals surface area contributed by atoms with Crippen LogP contribution in [0.15, 0.2) is 0 Å². The smallest absolute Gasteiger partial charge is 0.221 e. The Morgan fingerprint density at radius 2 is 2.00 bits per heavy atom. The van der Waals surface area contributed by atoms with E-state index in [9.17, 15) is 4.79 Å². The molecule has 94 valence electrons. The van der Waals surface area contributed by atoms with Gasteiger partial charge in [-0.1, -0.05) is 19.3 Å². The van der Waals surface area contributed by atoms with Gasteiger partial charge in [0.2, 0.25) is 5.91 Å². The molecular weight excluding hydrogens is 202 g/mol. The van der Waals surface area contributed by atoms with Gasteiger partial charge in [0.05, 0.1) is 0 Å². The molecule has 0 aromatic heterocycles. The normalized spacial score (nSPS) is 18.6. The highest BCUT2D eigenvalue weighted by atomic mass is 16.1. The summed E-state index contributed by atoms with van der Waals surface area (Å²) in [6.07, 6.45) is 8.13. The lowest BCUT2D eigenvalue weighted by Crippen LogP contribution is -2.36. The maximum absolute atomic E-state index is 11.6. The number of amides is 1. The fourth-order valence-corrected chi connectivity index (χ4v) is 2.25. The van der Waals surface area contributed by atoms with E-state index in [4.69, 9.17) is 11.5 Å². The number of hydrogen-bond donors (Lipinski definition) is 3. The molecule has 0 aliphatic heterocycles. The lowest BCUT2D eigenvalue weighted by molar-refractivity contribution is -0.122. The van der Waals surface area contributed by atoms with Crippen LogP contribution in [-0.4, -0.2) is 24.5 Å². The maximum Gasteiger partial charge on any atom is 0.221 e. The molecule has 0 unspecified atom stereocenters. The van der Waals surface area contributed by atoms with Crippen molar-refractivity contribution in [3.63, 3.8) is 0 Å². The molecule has 16 heavy (non-hydrogen) atoms. The summed E-state index contributed by atoms with van der Waals surface area (Å²) < 4.78 is 0. The van der Waals surface area contributed by atoms with E-state index in [1.54, 1.807) is 0 Å². The van der Waals surface area contributed by atoms with Crippen LogP contribution in [0.4, 0.5) is 0 Å². The summed E-state index contributed by atoms with van der Waals surface area (Å²) in [6, 6.07) is 0.400. The number of nitrogens with two attached hydrogens (primary N) is 2. The van der Waals surface area contributed by atoms with E-state index in [1.165, 1.54) is 12.8 Å². The number of hydrogen-bond acceptors (Lipinski definition) is 3. The quantitative estimate of drug-likeness (QED) is 0.565. The average molecular weight is 227 g/mol. The monoisotopic (exact) mass is 227 g/mol. The first kappa shape index (κ1) is 13.5. The number of carbonyl (C=O) groups is 1. The Labute approximate surface area is 98.1 Å². The van der Waals surface area contributed by atoms with Crippen molar-refractivity contribution in [2.75, 3.05) is 6.54 Å². The zero-order chi connectivity index (χ0) is 11.8. The van der Waals surface area contributed by atoms with E-state index in [2.05, 4.69) is 5.32 Å². The van der Waals surface area contributed by atoms with Crippen LogP contribution >= 0.6 is 0 Å². The first-order valence-corrected chi connectivity index (χ1v) is 6.47. The molecule has 0 spiro atoms. The van der Waals surface area contributed by atoms with Gasteiger partial charge in [0.15, 0.2) is 0 Å². The Kier molecular flexibility index (Phi) is 6.42. The van der Waals surface area contributed by atoms with Crippen LogP contribution in [-0.2, 0) is 4.79 Å². The van der Waals surface area contributed by atoms with Crippen LogP contribution < -0.4 is 16.8 Å². The van der Waals surface area contributed by atoms with Gasteiger partial charge in [-0.2, -0.15) is 0 Å². The molecule has 1 rings (SSSR count). The van der Waals surface area contributed by atoms with Gasteiger partial charge in [-0.05, 0) is 32.2 Å². The van der Waals surface area contributed by atoms with E-state index in [0.717, 1.165) is 32.1 Å². The van der Waals surface area contributed by atoms with Gasteiger partial charge in [-0.3, -0.25) is 4.79 Å². The molecule has 1 fully saturated rings. The first-order chi connectivity index (χ1) is 7.72. The summed E-state index contributed by atoms with van der Waals surface area (Å²) in [4.78, 5) is 11.6. The van der Waals surface area contributed by atoms with Crippen molar-refractivity contribution in [2.24, 2.45) is 11.5 Å². The van der Waals surface area contributed by atoms with Crippen molar-refractivity contribution in [1.82, 2.24) is 5.32 Å². The fraction of sp³-hybridized carbons (Fsp3) is 0.917. The van der Waals surface area contributed by atoms with E-state index >= 15 is 0 Å². The van der Waals surface area contributed by atoms with Crippen molar-refractivity contribution in [3.8, 4) is 0 Å². The van der Waals surface area contributed by atoms with Gasteiger partial charge in [0, 0.05) is 18.5 Å². The minimum Gasteiger partial charge on any atom is -0.353 e. The van der Waals surface area contributed by atoms with Crippen LogP contribution in [0.1, 0.15) is 51.4 Å². The summed E-state index contributed by atoms with van der Waals surface area (Å²) in [5, 5.41) is 3.06. The molecule has 5 N–H and O–H groups in total. The lowest BCUT2D eigenvalue weighted by Gasteiger charge is -2.15. The third kappa shape index (κ3) is 5.47. The maximum atomic E-state index is 11.6. The Balaban J connectivity index is 2.07. The Morgan fingerprint density at radius 3 is 2.62 bits per heavy atom. The molecule has 1 saturated carbocycles. The SMILES string of the molecule is NCCCC[C@H](N)CC(=O)NC1CCCC1. The molecule has 0 heterocycles. The second-order valence-electron chi connectivity index (χ2n) is 4.80. The predicted octanol–water partition coefficient (Wildman–Crippen LogP) is 0.892. The molecular formula is C12H25N3O. The van der Waals surface area contributed by atoms with Crippen LogP contribution in [0.2, 0.25) is 0 Å². The van der Waals surface area contributed by atoms with Gasteiger partial charge in [0.1, 0.15) is 0 Å². The standard InChI is InChI=1S/C12H25N3O/c13-8-4-3-5-10(14)9-12(16)15-11-6-1-2-7-11/h10-11H,1-9,13-14H2,(H,15,16)/t10-/m0/s1. The second-order valence-corrected chi connectivity index (χ2v) is 4.80. The summed E-state index contributed by atoms with van der Waals surface area (Å²) in [5.74, 6) is 0.118. The third-order valence-corrected chi connectivity index (χ3v) is 3.20. The number of rotatable bonds is 7. The van der Waals surface area contributed by atoms with E-state index in [1.807, 2.05) is 0 Å². The fourth-order valence-electron chi connectivity index (χ4n) is 2.25. The second kappa shape index (κ2) is 7.63. The van der Waals surface area contributed by atoms with Crippen LogP contribution in [0.25, 0.3) is 0 Å². The highest BCUT2D eigenvalue weighted by molar-refractivity contribution is 5.76. The number of carbonyl (C=O) groups excluding carboxylic acids is 1. The largest absolute Gasteiger partial charge is 0.353 e. The van der Waals surface area contributed by atoms with Gasteiger partial charge in [-0.25, -0.2) is 0 Å². The zero-order valence-electron chi connectivity index (χ0n) is 10.1. The Morgan fingerprint density at radius 1 is 1.31 bits per heavy atom. The van der Waals surface area contributed by atoms with Gasteiger partial charge in [-0.15, -0.1) is 0 Å². The minimum absolute atomic E-state index is 0.00652. The molecule has 1 atom stereocenters. The Hall–Kier alpha value is -0.610. The minimum atomic E-state index is -0.00652. The molecule has 4 heteroatoms. The molecule has 1 aliphatic carbocycles. The molecule has 0 saturated heterocycles. The zero-order valence-corrected chi connectivity index (χ0v) is 10.1. The topological polar surface area (TPSA) is 81.1 Å². The lowest BCUT2D eigenvalue weighted by atomic mass is 10.1. The summed E-state index contributed by atoms with van der Waals surface area (Å²) >= 11 is 0. The summed E-state index contributed by atoms with van der Waals surface area (Å²) in [7, 11) is 0. The van der Waals surface area contributed by atoms with E-state index in [0.29, 0.717) is 19.0 Å². The molecule has 1 amide bonds. The van der Waals surface area contributed by atoms with Gasteiger partial charge >= 0.3 is 0 Å². The molecule has 4 nitrogen and oxygen atoms in total. The molecule has 0 aromatic rings. The van der Waals surface area contributed by atoms with Crippen molar-refractivity contribution in [3.05, 3.63) is 0 Å². The Bertz CT molecular complexity index is 202. The first-order valence-electron chi connectivity index (χ1n) is 6.47. The summed E-state index contributed by atoms with van der Waals surface area (Å²) in [6.45, 7) is 0.709. The molecule has 0 aromatic carbocycles. The molecule has 1 aliphatic rings. The molecule has 0 radical (unpaired) electrons. The number of nitrogens with one attached hydrogen (secondary N) is 1. The van der Waals surface area contributed by atoms with Gasteiger partial charge < -0.3 is 16.8 Å². The van der Waals surface area contributed by atoms with Gasteiger partial charge in [0.25, 0.3) is 0 Å². The predicted molar refractivity (Wildman–Crippen MR) is 65.9 cm³/mol. The van der Waals surface area contributed by atoms with Crippen molar-refractivity contribution >= 4 is 5.91 Å². The van der Waals surface area contributed by atoms with Crippen LogP contribution in [0.5, 0.6) is 0 Å². The molecule has 0 bridgehead atoms. The summed E-state index contributed by atoms with van der Waals surface area (Å²) in [5.41, 5.74) is 11.3. The average Bonchev–Trinajstić information content (AvgIpc) is 2.70. The van der Waals surface area contributed by atoms with Crippen LogP contribution in [0, 0.1) is 0 Å². The van der Waals surface area contributed by atoms with E-state index in [-0.39, 0.29) is 11.9 Å². The van der Waals surface area contributed by atoms with Crippen LogP contribution in [0.3, 0.4) is 0 Å². The van der Waals surface area contributed by atoms with Crippen molar-refractivity contribution in [2.45, 2.75) is 63.5 Å².